The molecule has 0 saturated carbocycles. The molecule has 6 nitrogen and oxygen atoms in total. The smallest absolute Gasteiger partial charge is 0.295 e. The van der Waals surface area contributed by atoms with Crippen molar-refractivity contribution >= 4 is 17.4 Å². The molecule has 0 radical (unpaired) electrons. The SMILES string of the molecule is CC(C)c1ccc(C2/C(=C(/O)c3ccc4c(c3)CCO4)C(=O)C(=O)N2Cc2cccnc2)cc1. The summed E-state index contributed by atoms with van der Waals surface area (Å²) in [4.78, 5) is 32.1. The van der Waals surface area contributed by atoms with Crippen LogP contribution in [0.1, 0.15) is 53.6 Å². The van der Waals surface area contributed by atoms with E-state index < -0.39 is 17.7 Å². The number of amides is 1. The number of hydrogen-bond donors (Lipinski definition) is 1. The molecule has 172 valence electrons. The Kier molecular flexibility index (Phi) is 5.65. The van der Waals surface area contributed by atoms with Gasteiger partial charge in [-0.1, -0.05) is 44.2 Å². The lowest BCUT2D eigenvalue weighted by molar-refractivity contribution is -0.140. The average molecular weight is 455 g/mol. The maximum atomic E-state index is 13.3. The molecular formula is C28H26N2O4. The average Bonchev–Trinajstić information content (AvgIpc) is 3.42. The predicted molar refractivity (Wildman–Crippen MR) is 128 cm³/mol. The molecule has 3 heterocycles. The molecule has 3 aromatic rings. The molecule has 1 fully saturated rings. The fraction of sp³-hybridized carbons (Fsp3) is 0.250. The molecule has 2 aliphatic rings. The maximum Gasteiger partial charge on any atom is 0.295 e. The molecule has 2 aliphatic heterocycles. The highest BCUT2D eigenvalue weighted by Gasteiger charge is 2.46. The zero-order valence-corrected chi connectivity index (χ0v) is 19.2. The van der Waals surface area contributed by atoms with Gasteiger partial charge in [-0.3, -0.25) is 14.6 Å². The summed E-state index contributed by atoms with van der Waals surface area (Å²) in [6.45, 7) is 5.03. The lowest BCUT2D eigenvalue weighted by Crippen LogP contribution is -2.29. The van der Waals surface area contributed by atoms with Crippen molar-refractivity contribution in [1.29, 1.82) is 0 Å². The number of rotatable bonds is 5. The molecular weight excluding hydrogens is 428 g/mol. The van der Waals surface area contributed by atoms with Gasteiger partial charge in [-0.05, 0) is 52.4 Å². The fourth-order valence-corrected chi connectivity index (χ4v) is 4.63. The van der Waals surface area contributed by atoms with E-state index in [-0.39, 0.29) is 17.9 Å². The molecule has 6 heteroatoms. The first kappa shape index (κ1) is 21.9. The van der Waals surface area contributed by atoms with Crippen LogP contribution in [0.3, 0.4) is 0 Å². The van der Waals surface area contributed by atoms with Gasteiger partial charge in [0.2, 0.25) is 0 Å². The zero-order valence-electron chi connectivity index (χ0n) is 19.2. The number of aliphatic hydroxyl groups excluding tert-OH is 1. The number of nitrogens with zero attached hydrogens (tertiary/aromatic N) is 2. The number of benzene rings is 2. The summed E-state index contributed by atoms with van der Waals surface area (Å²) in [7, 11) is 0. The molecule has 34 heavy (non-hydrogen) atoms. The molecule has 1 saturated heterocycles. The molecule has 1 atom stereocenters. The Morgan fingerprint density at radius 1 is 1.15 bits per heavy atom. The second kappa shape index (κ2) is 8.78. The molecule has 0 bridgehead atoms. The molecule has 5 rings (SSSR count). The van der Waals surface area contributed by atoms with Gasteiger partial charge < -0.3 is 14.7 Å². The van der Waals surface area contributed by atoms with Crippen molar-refractivity contribution in [3.05, 3.63) is 100 Å². The van der Waals surface area contributed by atoms with Crippen LogP contribution in [0.2, 0.25) is 0 Å². The second-order valence-electron chi connectivity index (χ2n) is 9.03. The minimum atomic E-state index is -0.703. The quantitative estimate of drug-likeness (QED) is 0.342. The van der Waals surface area contributed by atoms with Crippen molar-refractivity contribution in [2.75, 3.05) is 6.61 Å². The Balaban J connectivity index is 1.63. The lowest BCUT2D eigenvalue weighted by atomic mass is 9.92. The number of hydrogen-bond acceptors (Lipinski definition) is 5. The van der Waals surface area contributed by atoms with Gasteiger partial charge in [0.1, 0.15) is 11.5 Å². The summed E-state index contributed by atoms with van der Waals surface area (Å²) in [6, 6.07) is 16.2. The van der Waals surface area contributed by atoms with E-state index >= 15 is 0 Å². The summed E-state index contributed by atoms with van der Waals surface area (Å²) in [6.07, 6.45) is 4.09. The van der Waals surface area contributed by atoms with Crippen molar-refractivity contribution in [3.8, 4) is 5.75 Å². The third-order valence-corrected chi connectivity index (χ3v) is 6.50. The topological polar surface area (TPSA) is 79.7 Å². The number of ether oxygens (including phenoxy) is 1. The minimum Gasteiger partial charge on any atom is -0.507 e. The van der Waals surface area contributed by atoms with Crippen LogP contribution < -0.4 is 4.74 Å². The first-order chi connectivity index (χ1) is 16.4. The van der Waals surface area contributed by atoms with E-state index in [0.29, 0.717) is 18.1 Å². The third-order valence-electron chi connectivity index (χ3n) is 6.50. The van der Waals surface area contributed by atoms with Crippen molar-refractivity contribution in [3.63, 3.8) is 0 Å². The Bertz CT molecular complexity index is 1280. The molecule has 1 amide bonds. The second-order valence-corrected chi connectivity index (χ2v) is 9.03. The van der Waals surface area contributed by atoms with Crippen LogP contribution in [-0.4, -0.2) is 33.3 Å². The Hall–Kier alpha value is -3.93. The molecule has 0 aliphatic carbocycles. The summed E-state index contributed by atoms with van der Waals surface area (Å²) in [5, 5.41) is 11.3. The number of carbonyl (C=O) groups excluding carboxylic acids is 2. The van der Waals surface area contributed by atoms with Gasteiger partial charge in [-0.15, -0.1) is 0 Å². The first-order valence-electron chi connectivity index (χ1n) is 11.5. The van der Waals surface area contributed by atoms with Crippen LogP contribution in [0.15, 0.2) is 72.6 Å². The summed E-state index contributed by atoms with van der Waals surface area (Å²) in [5.41, 5.74) is 4.33. The Morgan fingerprint density at radius 3 is 2.65 bits per heavy atom. The van der Waals surface area contributed by atoms with E-state index in [1.54, 1.807) is 30.6 Å². The first-order valence-corrected chi connectivity index (χ1v) is 11.5. The highest BCUT2D eigenvalue weighted by molar-refractivity contribution is 6.46. The van der Waals surface area contributed by atoms with Crippen molar-refractivity contribution in [2.45, 2.75) is 38.8 Å². The number of aliphatic hydroxyl groups is 1. The van der Waals surface area contributed by atoms with Crippen LogP contribution in [0, 0.1) is 0 Å². The normalized spacial score (nSPS) is 18.9. The van der Waals surface area contributed by atoms with Gasteiger partial charge in [-0.25, -0.2) is 0 Å². The highest BCUT2D eigenvalue weighted by Crippen LogP contribution is 2.41. The number of aromatic nitrogens is 1. The number of Topliss-reactive ketones (excluding diaryl/α,β-unsaturated/α-hetero) is 1. The van der Waals surface area contributed by atoms with E-state index in [4.69, 9.17) is 4.74 Å². The number of fused-ring (bicyclic) bond motifs is 1. The number of pyridine rings is 1. The standard InChI is InChI=1S/C28H26N2O4/c1-17(2)19-5-7-20(8-6-19)25-24(26(31)22-9-10-23-21(14-22)11-13-34-23)27(32)28(33)30(25)16-18-4-3-12-29-15-18/h3-10,12,14-15,17,25,31H,11,13,16H2,1-2H3/b26-24-. The van der Waals surface area contributed by atoms with Gasteiger partial charge in [-0.2, -0.15) is 0 Å². The molecule has 1 N–H and O–H groups in total. The van der Waals surface area contributed by atoms with Crippen LogP contribution in [-0.2, 0) is 22.6 Å². The fourth-order valence-electron chi connectivity index (χ4n) is 4.63. The zero-order chi connectivity index (χ0) is 23.8. The Morgan fingerprint density at radius 2 is 1.94 bits per heavy atom. The number of likely N-dealkylation sites (tertiary alicyclic amines) is 1. The van der Waals surface area contributed by atoms with E-state index in [1.165, 1.54) is 4.90 Å². The van der Waals surface area contributed by atoms with E-state index in [0.717, 1.165) is 34.4 Å². The minimum absolute atomic E-state index is 0.102. The monoisotopic (exact) mass is 454 g/mol. The highest BCUT2D eigenvalue weighted by atomic mass is 16.5. The maximum absolute atomic E-state index is 13.3. The van der Waals surface area contributed by atoms with E-state index in [1.807, 2.05) is 36.4 Å². The Labute approximate surface area is 198 Å². The van der Waals surface area contributed by atoms with E-state index in [2.05, 4.69) is 18.8 Å². The van der Waals surface area contributed by atoms with Gasteiger partial charge in [0, 0.05) is 30.9 Å². The molecule has 2 aromatic carbocycles. The molecule has 0 spiro atoms. The van der Waals surface area contributed by atoms with Crippen LogP contribution >= 0.6 is 0 Å². The number of ketones is 1. The lowest BCUT2D eigenvalue weighted by Gasteiger charge is -2.25. The van der Waals surface area contributed by atoms with Crippen molar-refractivity contribution in [2.24, 2.45) is 0 Å². The number of carbonyl (C=O) groups is 2. The predicted octanol–water partition coefficient (Wildman–Crippen LogP) is 4.76. The van der Waals surface area contributed by atoms with Gasteiger partial charge in [0.05, 0.1) is 18.2 Å². The van der Waals surface area contributed by atoms with Crippen LogP contribution in [0.5, 0.6) is 5.75 Å². The van der Waals surface area contributed by atoms with Gasteiger partial charge in [0.15, 0.2) is 0 Å². The summed E-state index contributed by atoms with van der Waals surface area (Å²) >= 11 is 0. The van der Waals surface area contributed by atoms with E-state index in [9.17, 15) is 14.7 Å². The summed E-state index contributed by atoms with van der Waals surface area (Å²) < 4.78 is 5.57. The largest absolute Gasteiger partial charge is 0.507 e. The summed E-state index contributed by atoms with van der Waals surface area (Å²) in [5.74, 6) is -0.345. The van der Waals surface area contributed by atoms with Crippen molar-refractivity contribution < 1.29 is 19.4 Å². The van der Waals surface area contributed by atoms with Crippen molar-refractivity contribution in [1.82, 2.24) is 9.88 Å². The van der Waals surface area contributed by atoms with Gasteiger partial charge >= 0.3 is 0 Å². The van der Waals surface area contributed by atoms with Gasteiger partial charge in [0.25, 0.3) is 11.7 Å². The third kappa shape index (κ3) is 3.85. The van der Waals surface area contributed by atoms with Crippen LogP contribution in [0.4, 0.5) is 0 Å². The molecule has 1 aromatic heterocycles. The molecule has 1 unspecified atom stereocenters. The van der Waals surface area contributed by atoms with Crippen LogP contribution in [0.25, 0.3) is 5.76 Å².